The molecule has 0 radical (unpaired) electrons. The molecule has 0 spiro atoms. The minimum Gasteiger partial charge on any atom is -0.478 e. The van der Waals surface area contributed by atoms with Gasteiger partial charge in [-0.3, -0.25) is 9.59 Å². The van der Waals surface area contributed by atoms with E-state index in [1.807, 2.05) is 13.8 Å². The summed E-state index contributed by atoms with van der Waals surface area (Å²) in [5.74, 6) is 0.240. The van der Waals surface area contributed by atoms with Crippen LogP contribution < -0.4 is 10.1 Å². The summed E-state index contributed by atoms with van der Waals surface area (Å²) in [6, 6.07) is 13.7. The Morgan fingerprint density at radius 3 is 2.07 bits per heavy atom. The Kier molecular flexibility index (Phi) is 6.86. The minimum absolute atomic E-state index is 0.0238. The average molecular weight is 389 g/mol. The van der Waals surface area contributed by atoms with Gasteiger partial charge in [0.2, 0.25) is 0 Å². The predicted molar refractivity (Wildman–Crippen MR) is 108 cm³/mol. The molecule has 0 saturated carbocycles. The molecule has 0 unspecified atom stereocenters. The summed E-state index contributed by atoms with van der Waals surface area (Å²) in [5, 5.41) is 3.42. The summed E-state index contributed by atoms with van der Waals surface area (Å²) < 4.78 is 5.78. The molecule has 144 valence electrons. The first kappa shape index (κ1) is 20.8. The molecular formula is C21H25ClN2O3. The van der Waals surface area contributed by atoms with Crippen LogP contribution in [0.5, 0.6) is 5.75 Å². The second-order valence-electron chi connectivity index (χ2n) is 6.58. The molecule has 2 aromatic carbocycles. The standard InChI is InChI=1S/C21H25ClN2O3/c1-5-24(6-2)19(25)15-7-11-17(12-8-15)23-20(26)21(3,4)27-18-13-9-16(22)10-14-18/h7-14H,5-6H2,1-4H3,(H,23,26). The summed E-state index contributed by atoms with van der Waals surface area (Å²) >= 11 is 5.86. The Balaban J connectivity index is 2.04. The highest BCUT2D eigenvalue weighted by molar-refractivity contribution is 6.30. The first-order valence-electron chi connectivity index (χ1n) is 8.92. The number of hydrogen-bond donors (Lipinski definition) is 1. The largest absolute Gasteiger partial charge is 0.478 e. The van der Waals surface area contributed by atoms with E-state index in [0.29, 0.717) is 35.1 Å². The summed E-state index contributed by atoms with van der Waals surface area (Å²) in [6.45, 7) is 8.58. The number of halogens is 1. The molecule has 27 heavy (non-hydrogen) atoms. The van der Waals surface area contributed by atoms with E-state index >= 15 is 0 Å². The number of amides is 2. The summed E-state index contributed by atoms with van der Waals surface area (Å²) in [5.41, 5.74) is 0.112. The summed E-state index contributed by atoms with van der Waals surface area (Å²) in [4.78, 5) is 26.7. The summed E-state index contributed by atoms with van der Waals surface area (Å²) in [6.07, 6.45) is 0. The molecule has 0 bridgehead atoms. The highest BCUT2D eigenvalue weighted by atomic mass is 35.5. The molecule has 0 saturated heterocycles. The van der Waals surface area contributed by atoms with Gasteiger partial charge in [0.15, 0.2) is 5.60 Å². The van der Waals surface area contributed by atoms with Gasteiger partial charge in [-0.15, -0.1) is 0 Å². The fraction of sp³-hybridized carbons (Fsp3) is 0.333. The Morgan fingerprint density at radius 2 is 1.56 bits per heavy atom. The molecular weight excluding hydrogens is 364 g/mol. The van der Waals surface area contributed by atoms with Gasteiger partial charge in [0.05, 0.1) is 0 Å². The topological polar surface area (TPSA) is 58.6 Å². The van der Waals surface area contributed by atoms with Crippen molar-refractivity contribution in [3.8, 4) is 5.75 Å². The third-order valence-electron chi connectivity index (χ3n) is 4.17. The van der Waals surface area contributed by atoms with Gasteiger partial charge in [-0.1, -0.05) is 11.6 Å². The lowest BCUT2D eigenvalue weighted by Crippen LogP contribution is -2.42. The number of nitrogens with one attached hydrogen (secondary N) is 1. The van der Waals surface area contributed by atoms with E-state index in [1.165, 1.54) is 0 Å². The summed E-state index contributed by atoms with van der Waals surface area (Å²) in [7, 11) is 0. The number of benzene rings is 2. The quantitative estimate of drug-likeness (QED) is 0.752. The average Bonchev–Trinajstić information content (AvgIpc) is 2.65. The highest BCUT2D eigenvalue weighted by Gasteiger charge is 2.30. The molecule has 2 aromatic rings. The molecule has 1 N–H and O–H groups in total. The smallest absolute Gasteiger partial charge is 0.267 e. The van der Waals surface area contributed by atoms with E-state index in [1.54, 1.807) is 67.3 Å². The Morgan fingerprint density at radius 1 is 1.00 bits per heavy atom. The molecule has 0 fully saturated rings. The minimum atomic E-state index is -1.08. The number of carbonyl (C=O) groups is 2. The Bertz CT molecular complexity index is 782. The van der Waals surface area contributed by atoms with E-state index in [4.69, 9.17) is 16.3 Å². The number of anilines is 1. The predicted octanol–water partition coefficient (Wildman–Crippen LogP) is 4.62. The van der Waals surface area contributed by atoms with Gasteiger partial charge in [0, 0.05) is 29.4 Å². The number of nitrogens with zero attached hydrogens (tertiary/aromatic N) is 1. The maximum atomic E-state index is 12.6. The second kappa shape index (κ2) is 8.91. The zero-order chi connectivity index (χ0) is 20.0. The molecule has 0 aliphatic carbocycles. The van der Waals surface area contributed by atoms with Crippen LogP contribution in [0, 0.1) is 0 Å². The maximum Gasteiger partial charge on any atom is 0.267 e. The lowest BCUT2D eigenvalue weighted by Gasteiger charge is -2.25. The highest BCUT2D eigenvalue weighted by Crippen LogP contribution is 2.22. The van der Waals surface area contributed by atoms with Crippen LogP contribution >= 0.6 is 11.6 Å². The van der Waals surface area contributed by atoms with E-state index in [9.17, 15) is 9.59 Å². The number of carbonyl (C=O) groups excluding carboxylic acids is 2. The fourth-order valence-corrected chi connectivity index (χ4v) is 2.64. The molecule has 0 aliphatic heterocycles. The second-order valence-corrected chi connectivity index (χ2v) is 7.01. The third kappa shape index (κ3) is 5.47. The van der Waals surface area contributed by atoms with Crippen LogP contribution in [-0.2, 0) is 4.79 Å². The van der Waals surface area contributed by atoms with E-state index in [0.717, 1.165) is 0 Å². The zero-order valence-electron chi connectivity index (χ0n) is 16.1. The number of rotatable bonds is 7. The van der Waals surface area contributed by atoms with Crippen LogP contribution in [0.4, 0.5) is 5.69 Å². The van der Waals surface area contributed by atoms with Crippen molar-refractivity contribution < 1.29 is 14.3 Å². The van der Waals surface area contributed by atoms with Gasteiger partial charge in [-0.25, -0.2) is 0 Å². The van der Waals surface area contributed by atoms with Gasteiger partial charge >= 0.3 is 0 Å². The lowest BCUT2D eigenvalue weighted by atomic mass is 10.1. The Labute approximate surface area is 165 Å². The van der Waals surface area contributed by atoms with E-state index < -0.39 is 5.60 Å². The molecule has 6 heteroatoms. The van der Waals surface area contributed by atoms with Gasteiger partial charge in [-0.05, 0) is 76.2 Å². The van der Waals surface area contributed by atoms with Gasteiger partial charge < -0.3 is 15.0 Å². The van der Waals surface area contributed by atoms with Crippen LogP contribution in [-0.4, -0.2) is 35.4 Å². The van der Waals surface area contributed by atoms with Crippen molar-refractivity contribution in [2.75, 3.05) is 18.4 Å². The molecule has 5 nitrogen and oxygen atoms in total. The van der Waals surface area contributed by atoms with Crippen LogP contribution in [0.2, 0.25) is 5.02 Å². The van der Waals surface area contributed by atoms with Crippen molar-refractivity contribution in [2.24, 2.45) is 0 Å². The van der Waals surface area contributed by atoms with Gasteiger partial charge in [-0.2, -0.15) is 0 Å². The lowest BCUT2D eigenvalue weighted by molar-refractivity contribution is -0.128. The molecule has 0 heterocycles. The zero-order valence-corrected chi connectivity index (χ0v) is 16.8. The monoisotopic (exact) mass is 388 g/mol. The van der Waals surface area contributed by atoms with E-state index in [2.05, 4.69) is 5.32 Å². The SMILES string of the molecule is CCN(CC)C(=O)c1ccc(NC(=O)C(C)(C)Oc2ccc(Cl)cc2)cc1. The van der Waals surface area contributed by atoms with Crippen molar-refractivity contribution in [3.63, 3.8) is 0 Å². The molecule has 2 amide bonds. The molecule has 2 rings (SSSR count). The first-order valence-corrected chi connectivity index (χ1v) is 9.30. The van der Waals surface area contributed by atoms with Gasteiger partial charge in [0.25, 0.3) is 11.8 Å². The molecule has 0 atom stereocenters. The third-order valence-corrected chi connectivity index (χ3v) is 4.43. The van der Waals surface area contributed by atoms with Crippen molar-refractivity contribution >= 4 is 29.1 Å². The van der Waals surface area contributed by atoms with Gasteiger partial charge in [0.1, 0.15) is 5.75 Å². The van der Waals surface area contributed by atoms with Crippen molar-refractivity contribution in [3.05, 3.63) is 59.1 Å². The first-order chi connectivity index (χ1) is 12.8. The van der Waals surface area contributed by atoms with Crippen LogP contribution in [0.1, 0.15) is 38.1 Å². The molecule has 0 aromatic heterocycles. The van der Waals surface area contributed by atoms with E-state index in [-0.39, 0.29) is 11.8 Å². The van der Waals surface area contributed by atoms with Crippen LogP contribution in [0.3, 0.4) is 0 Å². The molecule has 0 aliphatic rings. The van der Waals surface area contributed by atoms with Crippen molar-refractivity contribution in [2.45, 2.75) is 33.3 Å². The Hall–Kier alpha value is -2.53. The van der Waals surface area contributed by atoms with Crippen molar-refractivity contribution in [1.82, 2.24) is 4.90 Å². The van der Waals surface area contributed by atoms with Crippen LogP contribution in [0.15, 0.2) is 48.5 Å². The maximum absolute atomic E-state index is 12.6. The number of ether oxygens (including phenoxy) is 1. The van der Waals surface area contributed by atoms with Crippen molar-refractivity contribution in [1.29, 1.82) is 0 Å². The fourth-order valence-electron chi connectivity index (χ4n) is 2.51. The van der Waals surface area contributed by atoms with Crippen LogP contribution in [0.25, 0.3) is 0 Å². The normalized spacial score (nSPS) is 11.0. The number of hydrogen-bond acceptors (Lipinski definition) is 3.